The third kappa shape index (κ3) is 33.1. The van der Waals surface area contributed by atoms with E-state index in [1.807, 2.05) is 63.2 Å². The van der Waals surface area contributed by atoms with E-state index in [2.05, 4.69) is 101 Å². The van der Waals surface area contributed by atoms with Gasteiger partial charge in [-0.05, 0) is 206 Å². The van der Waals surface area contributed by atoms with E-state index in [-0.39, 0.29) is 69.4 Å². The maximum atomic E-state index is 12.2. The number of hydrogen-bond donors (Lipinski definition) is 5. The molecular weight excluding hydrogens is 1210 g/mol. The van der Waals surface area contributed by atoms with Gasteiger partial charge in [-0.1, -0.05) is 100 Å². The van der Waals surface area contributed by atoms with Crippen LogP contribution in [0.1, 0.15) is 106 Å². The van der Waals surface area contributed by atoms with Crippen LogP contribution in [0.3, 0.4) is 0 Å². The number of hydrogen-bond acceptors (Lipinski definition) is 16. The smallest absolute Gasteiger partial charge is 0.322 e. The predicted octanol–water partition coefficient (Wildman–Crippen LogP) is 18.2. The molecule has 0 aromatic heterocycles. The Morgan fingerprint density at radius 1 is 0.557 bits per heavy atom. The van der Waals surface area contributed by atoms with Gasteiger partial charge in [-0.15, -0.1) is 13.2 Å². The number of carbonyl (C=O) groups excluding carboxylic acids is 4. The van der Waals surface area contributed by atoms with Gasteiger partial charge >= 0.3 is 5.97 Å². The predicted molar refractivity (Wildman–Crippen MR) is 371 cm³/mol. The quantitative estimate of drug-likeness (QED) is 0.00580. The van der Waals surface area contributed by atoms with Crippen molar-refractivity contribution in [1.29, 1.82) is 0 Å². The lowest BCUT2D eigenvalue weighted by Gasteiger charge is -2.22. The van der Waals surface area contributed by atoms with Crippen LogP contribution in [0.2, 0.25) is 26.2 Å². The number of phenols is 4. The highest BCUT2D eigenvalue weighted by Gasteiger charge is 2.25. The molecule has 0 heterocycles. The number of Topliss-reactive ketones (excluding diaryl/α,β-unsaturated/α-hetero) is 1. The van der Waals surface area contributed by atoms with Gasteiger partial charge in [-0.25, -0.2) is 0 Å². The molecule has 0 aliphatic rings. The first-order chi connectivity index (χ1) is 40.0. The average Bonchev–Trinajstić information content (AvgIpc) is 2.37. The van der Waals surface area contributed by atoms with Gasteiger partial charge in [0.25, 0.3) is 0 Å². The van der Waals surface area contributed by atoms with Crippen LogP contribution in [0.4, 0.5) is 28.4 Å². The van der Waals surface area contributed by atoms with Crippen LogP contribution in [-0.4, -0.2) is 67.9 Å². The molecule has 0 aliphatic carbocycles. The van der Waals surface area contributed by atoms with Gasteiger partial charge in [-0.2, -0.15) is 20.5 Å². The normalized spacial score (nSPS) is 11.2. The molecule has 6 rings (SSSR count). The van der Waals surface area contributed by atoms with E-state index >= 15 is 0 Å². The molecule has 0 saturated heterocycles. The Labute approximate surface area is 539 Å². The van der Waals surface area contributed by atoms with Crippen LogP contribution < -0.4 is 15.2 Å². The van der Waals surface area contributed by atoms with Crippen molar-refractivity contribution in [3.63, 3.8) is 0 Å². The van der Waals surface area contributed by atoms with Gasteiger partial charge in [0.05, 0.1) is 29.9 Å². The Kier molecular flexibility index (Phi) is 38.6. The second kappa shape index (κ2) is 41.0. The molecule has 0 bridgehead atoms. The van der Waals surface area contributed by atoms with E-state index in [9.17, 15) is 34.5 Å². The molecule has 6 N–H and O–H groups in total. The number of benzene rings is 6. The van der Waals surface area contributed by atoms with Crippen molar-refractivity contribution >= 4 is 102 Å². The standard InChI is InChI=1S/C24H28N2O4.C16H18N2O2.C10H14O.C6H6Cl2O2.C6H7NO.C4H14OSi2.CH4.H2P/c1-7-8-20(16(2)27)23(28)30-19-12-9-17(10-13-19)25-26-18-11-14-22(29-6)21(15-18)24(3,4)5;1-16(2,3)14-10-12(6-9-15(14)20)18-17-11-4-7-13(19)8-5-11;1-10(2,3)8-6-4-5-7-9(8)11;1-2-3-4(5(7)9)6(8)10;7-5-1-3-6(8)4-2-5;1-6(2)5-7(3)4;;/h7,9-15,20H,1,8H2,2-6H3;4-10,19-20H,1-3H3;4-7,11H,1-3H3;2,4H,1,3H2;1-4,8H,7H2;6-7H,1-4H3;1H4;1H2/q;;;;;;;-1. The summed E-state index contributed by atoms with van der Waals surface area (Å²) >= 11 is 10.1. The van der Waals surface area contributed by atoms with Gasteiger partial charge in [0.15, 0.2) is 18.1 Å². The lowest BCUT2D eigenvalue weighted by atomic mass is 9.86. The van der Waals surface area contributed by atoms with E-state index in [0.29, 0.717) is 39.9 Å². The van der Waals surface area contributed by atoms with Crippen molar-refractivity contribution in [3.05, 3.63) is 175 Å². The van der Waals surface area contributed by atoms with Gasteiger partial charge in [0.1, 0.15) is 52.1 Å². The fourth-order valence-electron chi connectivity index (χ4n) is 7.21. The first-order valence-corrected chi connectivity index (χ1v) is 33.9. The number of allylic oxidation sites excluding steroid dienone is 2. The summed E-state index contributed by atoms with van der Waals surface area (Å²) in [6, 6.07) is 37.8. The van der Waals surface area contributed by atoms with Gasteiger partial charge < -0.3 is 49.6 Å². The fraction of sp³-hybridized carbons (Fsp3) is 0.343. The minimum Gasteiger partial charge on any atom is -0.577 e. The number of nitrogens with two attached hydrogens (primary N) is 1. The Hall–Kier alpha value is -7.32. The van der Waals surface area contributed by atoms with Crippen molar-refractivity contribution in [3.8, 4) is 34.5 Å². The molecule has 6 aromatic rings. The molecule has 0 amide bonds. The highest BCUT2D eigenvalue weighted by molar-refractivity contribution is 6.92. The molecule has 88 heavy (non-hydrogen) atoms. The number of nitrogens with zero attached hydrogens (tertiary/aromatic N) is 4. The monoisotopic (exact) mass is 1300 g/mol. The number of ketones is 1. The number of para-hydroxylation sites is 1. The molecule has 1 atom stereocenters. The number of azo groups is 2. The summed E-state index contributed by atoms with van der Waals surface area (Å²) in [6.45, 7) is 35.8. The molecule has 0 radical (unpaired) electrons. The van der Waals surface area contributed by atoms with Gasteiger partial charge in [0, 0.05) is 16.8 Å². The number of halogens is 2. The Bertz CT molecular complexity index is 3120. The summed E-state index contributed by atoms with van der Waals surface area (Å²) in [5.74, 6) is -0.357. The molecule has 21 heteroatoms. The molecular formula is C67H93Cl2N5O11PSi2-. The average molecular weight is 1300 g/mol. The van der Waals surface area contributed by atoms with E-state index in [1.165, 1.54) is 19.1 Å². The van der Waals surface area contributed by atoms with E-state index in [1.54, 1.807) is 98.1 Å². The lowest BCUT2D eigenvalue weighted by Crippen LogP contribution is -2.26. The van der Waals surface area contributed by atoms with Crippen molar-refractivity contribution in [1.82, 2.24) is 0 Å². The minimum atomic E-state index is -0.930. The lowest BCUT2D eigenvalue weighted by molar-refractivity contribution is -0.143. The number of rotatable bonds is 16. The second-order valence-corrected chi connectivity index (χ2v) is 28.9. The number of methoxy groups -OCH3 is 1. The molecule has 0 fully saturated rings. The molecule has 0 aliphatic heterocycles. The number of phenolic OH excluding ortho intramolecular Hbond substituents is 4. The van der Waals surface area contributed by atoms with Gasteiger partial charge in [-0.3, -0.25) is 19.2 Å². The first-order valence-electron chi connectivity index (χ1n) is 27.6. The second-order valence-electron chi connectivity index (χ2n) is 22.9. The summed E-state index contributed by atoms with van der Waals surface area (Å²) in [7, 11) is 0.316. The number of anilines is 1. The Balaban J connectivity index is 0. The Morgan fingerprint density at radius 2 is 0.932 bits per heavy atom. The van der Waals surface area contributed by atoms with Crippen molar-refractivity contribution < 1.29 is 53.2 Å². The zero-order valence-electron chi connectivity index (χ0n) is 52.8. The largest absolute Gasteiger partial charge is 0.577 e. The zero-order chi connectivity index (χ0) is 65.5. The Morgan fingerprint density at radius 3 is 1.28 bits per heavy atom. The maximum Gasteiger partial charge on any atom is 0.322 e. The summed E-state index contributed by atoms with van der Waals surface area (Å²) < 4.78 is 16.3. The maximum absolute atomic E-state index is 12.2. The third-order valence-electron chi connectivity index (χ3n) is 11.5. The minimum absolute atomic E-state index is 0. The third-order valence-corrected chi connectivity index (χ3v) is 16.4. The number of ether oxygens (including phenoxy) is 2. The topological polar surface area (TPSA) is 252 Å². The van der Waals surface area contributed by atoms with Crippen molar-refractivity contribution in [2.45, 2.75) is 132 Å². The van der Waals surface area contributed by atoms with E-state index in [0.717, 1.165) is 22.4 Å². The fourth-order valence-corrected chi connectivity index (χ4v) is 12.0. The van der Waals surface area contributed by atoms with Gasteiger partial charge in [0.2, 0.25) is 10.5 Å². The van der Waals surface area contributed by atoms with Crippen LogP contribution >= 0.6 is 33.1 Å². The molecule has 480 valence electrons. The van der Waals surface area contributed by atoms with Crippen LogP contribution in [0.5, 0.6) is 34.5 Å². The van der Waals surface area contributed by atoms with Crippen LogP contribution in [0, 0.1) is 11.8 Å². The molecule has 1 unspecified atom stereocenters. The van der Waals surface area contributed by atoms with Crippen molar-refractivity contribution in [2.24, 2.45) is 32.3 Å². The van der Waals surface area contributed by atoms with Crippen LogP contribution in [0.15, 0.2) is 179 Å². The summed E-state index contributed by atoms with van der Waals surface area (Å²) in [5.41, 5.74) is 11.3. The highest BCUT2D eigenvalue weighted by atomic mass is 35.5. The van der Waals surface area contributed by atoms with E-state index in [4.69, 9.17) is 47.6 Å². The van der Waals surface area contributed by atoms with Crippen molar-refractivity contribution in [2.75, 3.05) is 12.8 Å². The molecule has 16 nitrogen and oxygen atoms in total. The highest BCUT2D eigenvalue weighted by Crippen LogP contribution is 2.36. The molecule has 0 spiro atoms. The van der Waals surface area contributed by atoms with E-state index < -0.39 is 46.4 Å². The van der Waals surface area contributed by atoms with Crippen LogP contribution in [0.25, 0.3) is 0 Å². The summed E-state index contributed by atoms with van der Waals surface area (Å²) in [4.78, 5) is 44.5. The molecule has 6 aromatic carbocycles. The summed E-state index contributed by atoms with van der Waals surface area (Å²) in [5, 5.41) is 52.6. The number of aromatic hydroxyl groups is 4. The zero-order valence-corrected chi connectivity index (χ0v) is 57.8. The summed E-state index contributed by atoms with van der Waals surface area (Å²) in [6.07, 6.45) is 3.40. The number of carbonyl (C=O) groups is 4. The molecule has 0 saturated carbocycles. The number of esters is 1. The number of nitrogen functional groups attached to an aromatic ring is 1. The SMILES string of the molecule is C.C=CCC(C(=O)Cl)C(=O)Cl.C=CCC(C(C)=O)C(=O)Oc1ccc(N=Nc2ccc(OC)c(C(C)(C)C)c2)cc1.CC(C)(C)c1cc(N=Nc2ccc(O)cc2)ccc1O.CC(C)(C)c1ccccc1O.C[SiH](C)O[SiH](C)C.Nc1ccc(O)cc1.[PH2-]. The van der Waals surface area contributed by atoms with Crippen LogP contribution in [-0.2, 0) is 39.5 Å². The first kappa shape index (κ1) is 82.7.